The summed E-state index contributed by atoms with van der Waals surface area (Å²) >= 11 is 1.42. The van der Waals surface area contributed by atoms with Crippen molar-refractivity contribution in [1.82, 2.24) is 5.32 Å². The number of anilines is 1. The van der Waals surface area contributed by atoms with Gasteiger partial charge in [0.05, 0.1) is 24.8 Å². The van der Waals surface area contributed by atoms with Crippen LogP contribution in [0.4, 0.5) is 5.69 Å². The van der Waals surface area contributed by atoms with E-state index in [-0.39, 0.29) is 11.8 Å². The summed E-state index contributed by atoms with van der Waals surface area (Å²) < 4.78 is 10.6. The maximum Gasteiger partial charge on any atom is 0.264 e. The van der Waals surface area contributed by atoms with Crippen LogP contribution < -0.4 is 19.7 Å². The van der Waals surface area contributed by atoms with E-state index in [0.717, 1.165) is 21.7 Å². The Kier molecular flexibility index (Phi) is 7.23. The molecule has 1 N–H and O–H groups in total. The summed E-state index contributed by atoms with van der Waals surface area (Å²) in [6, 6.07) is 20.9. The van der Waals surface area contributed by atoms with Gasteiger partial charge in [0.2, 0.25) is 0 Å². The molecule has 7 heteroatoms. The first kappa shape index (κ1) is 23.4. The summed E-state index contributed by atoms with van der Waals surface area (Å²) in [4.78, 5) is 28.9. The number of carbonyl (C=O) groups excluding carboxylic acids is 2. The molecule has 4 rings (SSSR count). The molecule has 1 heterocycles. The van der Waals surface area contributed by atoms with E-state index in [2.05, 4.69) is 5.32 Å². The lowest BCUT2D eigenvalue weighted by Crippen LogP contribution is -2.31. The highest BCUT2D eigenvalue weighted by Crippen LogP contribution is 2.42. The average Bonchev–Trinajstić information content (AvgIpc) is 2.87. The monoisotopic (exact) mass is 474 g/mol. The Bertz CT molecular complexity index is 1240. The van der Waals surface area contributed by atoms with Gasteiger partial charge in [-0.15, -0.1) is 0 Å². The third-order valence-corrected chi connectivity index (χ3v) is 6.64. The molecule has 6 nitrogen and oxygen atoms in total. The highest BCUT2D eigenvalue weighted by Gasteiger charge is 2.27. The molecule has 174 valence electrons. The molecule has 2 amide bonds. The minimum absolute atomic E-state index is 0.0904. The fourth-order valence-electron chi connectivity index (χ4n) is 3.69. The number of amides is 2. The average molecular weight is 475 g/mol. The Morgan fingerprint density at radius 2 is 1.76 bits per heavy atom. The van der Waals surface area contributed by atoms with E-state index in [1.807, 2.05) is 60.7 Å². The van der Waals surface area contributed by atoms with Crippen molar-refractivity contribution in [2.24, 2.45) is 0 Å². The standard InChI is InChI=1S/C27H26N2O4S/c1-29-21-17-20(26(30)28-14-13-19-9-11-22(32-2)23(15-19)33-3)10-12-24(21)34-25(27(29)31)16-18-7-5-4-6-8-18/h4-12,15-17H,13-14H2,1-3H3,(H,28,30)/b25-16+. The van der Waals surface area contributed by atoms with Gasteiger partial charge in [-0.1, -0.05) is 48.2 Å². The number of benzene rings is 3. The summed E-state index contributed by atoms with van der Waals surface area (Å²) in [6.45, 7) is 0.471. The van der Waals surface area contributed by atoms with E-state index < -0.39 is 0 Å². The quantitative estimate of drug-likeness (QED) is 0.499. The number of likely N-dealkylation sites (N-methyl/N-ethyl adjacent to an activating group) is 1. The molecule has 0 saturated carbocycles. The zero-order chi connectivity index (χ0) is 24.1. The number of fused-ring (bicyclic) bond motifs is 1. The number of nitrogens with zero attached hydrogens (tertiary/aromatic N) is 1. The molecule has 0 unspecified atom stereocenters. The van der Waals surface area contributed by atoms with Crippen molar-refractivity contribution in [1.29, 1.82) is 0 Å². The zero-order valence-corrected chi connectivity index (χ0v) is 20.1. The first-order valence-electron chi connectivity index (χ1n) is 10.9. The number of rotatable bonds is 7. The van der Waals surface area contributed by atoms with Crippen molar-refractivity contribution in [3.05, 3.63) is 88.3 Å². The first-order chi connectivity index (χ1) is 16.5. The molecular formula is C27H26N2O4S. The molecule has 0 spiro atoms. The predicted molar refractivity (Wildman–Crippen MR) is 136 cm³/mol. The molecule has 0 atom stereocenters. The number of thioether (sulfide) groups is 1. The maximum absolute atomic E-state index is 12.9. The van der Waals surface area contributed by atoms with Gasteiger partial charge in [0.15, 0.2) is 11.5 Å². The molecule has 0 aliphatic carbocycles. The van der Waals surface area contributed by atoms with Crippen molar-refractivity contribution in [2.45, 2.75) is 11.3 Å². The fraction of sp³-hybridized carbons (Fsp3) is 0.185. The van der Waals surface area contributed by atoms with Crippen LogP contribution in [0.25, 0.3) is 6.08 Å². The zero-order valence-electron chi connectivity index (χ0n) is 19.3. The summed E-state index contributed by atoms with van der Waals surface area (Å²) in [5.41, 5.74) is 3.25. The smallest absolute Gasteiger partial charge is 0.264 e. The van der Waals surface area contributed by atoms with Crippen LogP contribution in [-0.4, -0.2) is 39.6 Å². The summed E-state index contributed by atoms with van der Waals surface area (Å²) in [5.74, 6) is 1.06. The van der Waals surface area contributed by atoms with Crippen LogP contribution >= 0.6 is 11.8 Å². The number of hydrogen-bond donors (Lipinski definition) is 1. The van der Waals surface area contributed by atoms with Crippen LogP contribution in [0.15, 0.2) is 76.5 Å². The van der Waals surface area contributed by atoms with Crippen molar-refractivity contribution in [2.75, 3.05) is 32.7 Å². The Hall–Kier alpha value is -3.71. The van der Waals surface area contributed by atoms with Crippen LogP contribution in [0.3, 0.4) is 0 Å². The summed E-state index contributed by atoms with van der Waals surface area (Å²) in [6.07, 6.45) is 2.54. The Labute approximate surface area is 203 Å². The van der Waals surface area contributed by atoms with Gasteiger partial charge in [-0.05, 0) is 54.0 Å². The third kappa shape index (κ3) is 5.10. The lowest BCUT2D eigenvalue weighted by atomic mass is 10.1. The van der Waals surface area contributed by atoms with Gasteiger partial charge in [-0.3, -0.25) is 9.59 Å². The SMILES string of the molecule is COc1ccc(CCNC(=O)c2ccc3c(c2)N(C)C(=O)/C(=C\c2ccccc2)S3)cc1OC. The predicted octanol–water partition coefficient (Wildman–Crippen LogP) is 4.79. The summed E-state index contributed by atoms with van der Waals surface area (Å²) in [5, 5.41) is 2.96. The van der Waals surface area contributed by atoms with Gasteiger partial charge >= 0.3 is 0 Å². The largest absolute Gasteiger partial charge is 0.493 e. The van der Waals surface area contributed by atoms with Crippen molar-refractivity contribution in [3.8, 4) is 11.5 Å². The second-order valence-corrected chi connectivity index (χ2v) is 8.85. The van der Waals surface area contributed by atoms with Gasteiger partial charge < -0.3 is 19.7 Å². The molecule has 0 aromatic heterocycles. The van der Waals surface area contributed by atoms with Crippen LogP contribution in [0, 0.1) is 0 Å². The fourth-order valence-corrected chi connectivity index (χ4v) is 4.79. The molecular weight excluding hydrogens is 448 g/mol. The van der Waals surface area contributed by atoms with E-state index in [4.69, 9.17) is 9.47 Å². The molecule has 1 aliphatic heterocycles. The summed E-state index contributed by atoms with van der Waals surface area (Å²) in [7, 11) is 4.93. The van der Waals surface area contributed by atoms with Gasteiger partial charge in [0.1, 0.15) is 0 Å². The lowest BCUT2D eigenvalue weighted by molar-refractivity contribution is -0.114. The minimum Gasteiger partial charge on any atom is -0.493 e. The molecule has 34 heavy (non-hydrogen) atoms. The Morgan fingerprint density at radius 3 is 2.50 bits per heavy atom. The Morgan fingerprint density at radius 1 is 1.00 bits per heavy atom. The number of nitrogens with one attached hydrogen (secondary N) is 1. The van der Waals surface area contributed by atoms with Crippen molar-refractivity contribution in [3.63, 3.8) is 0 Å². The van der Waals surface area contributed by atoms with E-state index >= 15 is 0 Å². The van der Waals surface area contributed by atoms with E-state index in [0.29, 0.717) is 34.9 Å². The number of carbonyl (C=O) groups is 2. The maximum atomic E-state index is 12.9. The second kappa shape index (κ2) is 10.5. The third-order valence-electron chi connectivity index (χ3n) is 5.56. The Balaban J connectivity index is 1.43. The number of ether oxygens (including phenoxy) is 2. The molecule has 3 aromatic rings. The highest BCUT2D eigenvalue weighted by atomic mass is 32.2. The van der Waals surface area contributed by atoms with Crippen LogP contribution in [-0.2, 0) is 11.2 Å². The molecule has 0 fully saturated rings. The lowest BCUT2D eigenvalue weighted by Gasteiger charge is -2.27. The number of hydrogen-bond acceptors (Lipinski definition) is 5. The van der Waals surface area contributed by atoms with Gasteiger partial charge in [-0.25, -0.2) is 0 Å². The van der Waals surface area contributed by atoms with Crippen LogP contribution in [0.5, 0.6) is 11.5 Å². The van der Waals surface area contributed by atoms with E-state index in [9.17, 15) is 9.59 Å². The van der Waals surface area contributed by atoms with Crippen molar-refractivity contribution < 1.29 is 19.1 Å². The second-order valence-electron chi connectivity index (χ2n) is 7.76. The number of methoxy groups -OCH3 is 2. The molecule has 3 aromatic carbocycles. The van der Waals surface area contributed by atoms with E-state index in [1.165, 1.54) is 11.8 Å². The van der Waals surface area contributed by atoms with Crippen molar-refractivity contribution >= 4 is 35.3 Å². The van der Waals surface area contributed by atoms with Crippen LogP contribution in [0.1, 0.15) is 21.5 Å². The molecule has 0 saturated heterocycles. The van der Waals surface area contributed by atoms with Gasteiger partial charge in [0.25, 0.3) is 11.8 Å². The van der Waals surface area contributed by atoms with Crippen LogP contribution in [0.2, 0.25) is 0 Å². The molecule has 1 aliphatic rings. The van der Waals surface area contributed by atoms with Gasteiger partial charge in [-0.2, -0.15) is 0 Å². The van der Waals surface area contributed by atoms with Gasteiger partial charge in [0, 0.05) is 24.1 Å². The first-order valence-corrected chi connectivity index (χ1v) is 11.7. The normalized spacial score (nSPS) is 14.0. The molecule has 0 radical (unpaired) electrons. The topological polar surface area (TPSA) is 67.9 Å². The highest BCUT2D eigenvalue weighted by molar-refractivity contribution is 8.04. The van der Waals surface area contributed by atoms with E-state index in [1.54, 1.807) is 38.3 Å². The molecule has 0 bridgehead atoms. The minimum atomic E-state index is -0.181.